The Morgan fingerprint density at radius 1 is 1.06 bits per heavy atom. The van der Waals surface area contributed by atoms with E-state index >= 15 is 0 Å². The van der Waals surface area contributed by atoms with Crippen molar-refractivity contribution in [3.8, 4) is 0 Å². The van der Waals surface area contributed by atoms with Gasteiger partial charge < -0.3 is 9.47 Å². The van der Waals surface area contributed by atoms with Crippen molar-refractivity contribution in [1.29, 1.82) is 0 Å². The molecule has 0 aromatic heterocycles. The van der Waals surface area contributed by atoms with E-state index in [9.17, 15) is 0 Å². The fraction of sp³-hybridized carbons (Fsp3) is 1.00. The first-order chi connectivity index (χ1) is 7.63. The normalized spacial score (nSPS) is 15.4. The smallest absolute Gasteiger partial charge is 0.0986 e. The third-order valence-electron chi connectivity index (χ3n) is 2.74. The third-order valence-corrected chi connectivity index (χ3v) is 2.74. The Morgan fingerprint density at radius 3 is 2.25 bits per heavy atom. The van der Waals surface area contributed by atoms with Gasteiger partial charge in [0.15, 0.2) is 0 Å². The molecule has 0 fully saturated rings. The van der Waals surface area contributed by atoms with Gasteiger partial charge in [-0.15, -0.1) is 0 Å². The van der Waals surface area contributed by atoms with E-state index in [0.717, 1.165) is 32.7 Å². The summed E-state index contributed by atoms with van der Waals surface area (Å²) in [6.45, 7) is 11.5. The Balaban J connectivity index is 3.72. The van der Waals surface area contributed by atoms with Crippen LogP contribution in [0.5, 0.6) is 0 Å². The Hall–Kier alpha value is -0.120. The monoisotopic (exact) mass is 231 g/mol. The second-order valence-corrected chi connectivity index (χ2v) is 4.49. The molecular weight excluding hydrogens is 202 g/mol. The van der Waals surface area contributed by atoms with Crippen LogP contribution in [0.2, 0.25) is 0 Å². The first-order valence-electron chi connectivity index (χ1n) is 6.50. The highest BCUT2D eigenvalue weighted by Gasteiger charge is 2.09. The fourth-order valence-corrected chi connectivity index (χ4v) is 1.66. The molecule has 0 rings (SSSR count). The SMILES string of the molecule is CCCN(CCC(C)OC(C)CC)COC. The zero-order valence-corrected chi connectivity index (χ0v) is 11.7. The number of hydrogen-bond donors (Lipinski definition) is 0. The van der Waals surface area contributed by atoms with E-state index in [2.05, 4.69) is 32.6 Å². The van der Waals surface area contributed by atoms with Crippen LogP contribution < -0.4 is 0 Å². The summed E-state index contributed by atoms with van der Waals surface area (Å²) in [6.07, 6.45) is 4.04. The number of methoxy groups -OCH3 is 1. The lowest BCUT2D eigenvalue weighted by atomic mass is 10.2. The largest absolute Gasteiger partial charge is 0.376 e. The molecule has 98 valence electrons. The van der Waals surface area contributed by atoms with Crippen molar-refractivity contribution < 1.29 is 9.47 Å². The molecule has 0 N–H and O–H groups in total. The molecular formula is C13H29NO2. The molecule has 0 bridgehead atoms. The lowest BCUT2D eigenvalue weighted by Gasteiger charge is -2.24. The van der Waals surface area contributed by atoms with Crippen LogP contribution in [0.25, 0.3) is 0 Å². The predicted molar refractivity (Wildman–Crippen MR) is 68.7 cm³/mol. The van der Waals surface area contributed by atoms with Gasteiger partial charge in [0.1, 0.15) is 0 Å². The van der Waals surface area contributed by atoms with Crippen molar-refractivity contribution in [3.05, 3.63) is 0 Å². The van der Waals surface area contributed by atoms with Gasteiger partial charge in [0.05, 0.1) is 18.9 Å². The number of ether oxygens (including phenoxy) is 2. The molecule has 2 atom stereocenters. The molecule has 16 heavy (non-hydrogen) atoms. The van der Waals surface area contributed by atoms with Crippen LogP contribution in [0.1, 0.15) is 47.0 Å². The molecule has 3 nitrogen and oxygen atoms in total. The summed E-state index contributed by atoms with van der Waals surface area (Å²) in [5.41, 5.74) is 0. The van der Waals surface area contributed by atoms with Crippen LogP contribution in [-0.2, 0) is 9.47 Å². The third kappa shape index (κ3) is 8.08. The van der Waals surface area contributed by atoms with E-state index in [1.807, 2.05) is 0 Å². The summed E-state index contributed by atoms with van der Waals surface area (Å²) in [4.78, 5) is 2.33. The molecule has 0 aliphatic carbocycles. The maximum absolute atomic E-state index is 5.84. The molecule has 3 heteroatoms. The Labute approximate surface area is 101 Å². The summed E-state index contributed by atoms with van der Waals surface area (Å²) in [5.74, 6) is 0. The highest BCUT2D eigenvalue weighted by molar-refractivity contribution is 4.59. The van der Waals surface area contributed by atoms with Gasteiger partial charge in [0, 0.05) is 20.2 Å². The van der Waals surface area contributed by atoms with E-state index in [4.69, 9.17) is 9.47 Å². The summed E-state index contributed by atoms with van der Waals surface area (Å²) in [5, 5.41) is 0. The van der Waals surface area contributed by atoms with Crippen molar-refractivity contribution in [2.24, 2.45) is 0 Å². The second kappa shape index (κ2) is 10.1. The number of nitrogens with zero attached hydrogens (tertiary/aromatic N) is 1. The minimum absolute atomic E-state index is 0.339. The first-order valence-corrected chi connectivity index (χ1v) is 6.50. The molecule has 0 aromatic carbocycles. The standard InChI is InChI=1S/C13H29NO2/c1-6-9-14(11-15-5)10-8-13(4)16-12(3)7-2/h12-13H,6-11H2,1-5H3. The predicted octanol–water partition coefficient (Wildman–Crippen LogP) is 2.90. The van der Waals surface area contributed by atoms with Gasteiger partial charge in [0.2, 0.25) is 0 Å². The Bertz CT molecular complexity index is 147. The number of rotatable bonds is 10. The lowest BCUT2D eigenvalue weighted by molar-refractivity contribution is -0.0102. The molecule has 0 spiro atoms. The van der Waals surface area contributed by atoms with E-state index in [0.29, 0.717) is 12.2 Å². The molecule has 0 aliphatic heterocycles. The van der Waals surface area contributed by atoms with Crippen LogP contribution in [0.15, 0.2) is 0 Å². The molecule has 2 unspecified atom stereocenters. The van der Waals surface area contributed by atoms with Crippen molar-refractivity contribution in [1.82, 2.24) is 4.90 Å². The summed E-state index contributed by atoms with van der Waals surface area (Å²) in [7, 11) is 1.75. The second-order valence-electron chi connectivity index (χ2n) is 4.49. The minimum Gasteiger partial charge on any atom is -0.376 e. The molecule has 0 saturated heterocycles. The average molecular weight is 231 g/mol. The summed E-state index contributed by atoms with van der Waals surface area (Å²) in [6, 6.07) is 0. The van der Waals surface area contributed by atoms with Crippen LogP contribution in [0.4, 0.5) is 0 Å². The van der Waals surface area contributed by atoms with E-state index < -0.39 is 0 Å². The average Bonchev–Trinajstić information content (AvgIpc) is 2.26. The van der Waals surface area contributed by atoms with Crippen LogP contribution in [0, 0.1) is 0 Å². The molecule has 0 aliphatic rings. The van der Waals surface area contributed by atoms with Crippen molar-refractivity contribution in [2.45, 2.75) is 59.2 Å². The number of hydrogen-bond acceptors (Lipinski definition) is 3. The van der Waals surface area contributed by atoms with Crippen molar-refractivity contribution in [2.75, 3.05) is 26.9 Å². The Kier molecular flexibility index (Phi) is 9.99. The zero-order valence-electron chi connectivity index (χ0n) is 11.7. The van der Waals surface area contributed by atoms with Gasteiger partial charge in [-0.3, -0.25) is 4.90 Å². The minimum atomic E-state index is 0.339. The van der Waals surface area contributed by atoms with E-state index in [-0.39, 0.29) is 0 Å². The van der Waals surface area contributed by atoms with Gasteiger partial charge in [-0.1, -0.05) is 13.8 Å². The maximum Gasteiger partial charge on any atom is 0.0986 e. The van der Waals surface area contributed by atoms with E-state index in [1.165, 1.54) is 6.42 Å². The van der Waals surface area contributed by atoms with E-state index in [1.54, 1.807) is 7.11 Å². The molecule has 0 aromatic rings. The van der Waals surface area contributed by atoms with Crippen LogP contribution in [0.3, 0.4) is 0 Å². The van der Waals surface area contributed by atoms with Gasteiger partial charge in [0.25, 0.3) is 0 Å². The Morgan fingerprint density at radius 2 is 1.75 bits per heavy atom. The lowest BCUT2D eigenvalue weighted by Crippen LogP contribution is -2.30. The topological polar surface area (TPSA) is 21.7 Å². The van der Waals surface area contributed by atoms with Gasteiger partial charge in [-0.25, -0.2) is 0 Å². The van der Waals surface area contributed by atoms with Gasteiger partial charge in [-0.05, 0) is 33.1 Å². The molecule has 0 saturated carbocycles. The van der Waals surface area contributed by atoms with Gasteiger partial charge in [-0.2, -0.15) is 0 Å². The highest BCUT2D eigenvalue weighted by atomic mass is 16.5. The highest BCUT2D eigenvalue weighted by Crippen LogP contribution is 2.06. The zero-order chi connectivity index (χ0) is 12.4. The fourth-order valence-electron chi connectivity index (χ4n) is 1.66. The quantitative estimate of drug-likeness (QED) is 0.540. The maximum atomic E-state index is 5.84. The van der Waals surface area contributed by atoms with Crippen LogP contribution in [-0.4, -0.2) is 44.0 Å². The van der Waals surface area contributed by atoms with Crippen molar-refractivity contribution in [3.63, 3.8) is 0 Å². The van der Waals surface area contributed by atoms with Crippen LogP contribution >= 0.6 is 0 Å². The summed E-state index contributed by atoms with van der Waals surface area (Å²) < 4.78 is 11.0. The molecule has 0 amide bonds. The summed E-state index contributed by atoms with van der Waals surface area (Å²) >= 11 is 0. The molecule has 0 heterocycles. The van der Waals surface area contributed by atoms with Gasteiger partial charge >= 0.3 is 0 Å². The van der Waals surface area contributed by atoms with Crippen molar-refractivity contribution >= 4 is 0 Å². The first kappa shape index (κ1) is 15.9. The molecule has 0 radical (unpaired) electrons.